The average Bonchev–Trinajstić information content (AvgIpc) is 3.85. The Morgan fingerprint density at radius 2 is 1.27 bits per heavy atom. The Morgan fingerprint density at radius 1 is 0.745 bits per heavy atom. The first-order valence-electron chi connectivity index (χ1n) is 16.6. The van der Waals surface area contributed by atoms with E-state index in [1.807, 2.05) is 36.8 Å². The van der Waals surface area contributed by atoms with E-state index in [2.05, 4.69) is 25.8 Å². The Morgan fingerprint density at radius 3 is 1.80 bits per heavy atom. The number of aromatic carboxylic acids is 1. The van der Waals surface area contributed by atoms with Gasteiger partial charge in [0.25, 0.3) is 11.8 Å². The summed E-state index contributed by atoms with van der Waals surface area (Å²) in [6, 6.07) is 11.6. The number of nitrogens with two attached hydrogens (primary N) is 1. The number of anilines is 2. The lowest BCUT2D eigenvalue weighted by molar-refractivity contribution is 0.0695. The molecule has 0 bridgehead atoms. The minimum absolute atomic E-state index is 0.128. The van der Waals surface area contributed by atoms with Gasteiger partial charge in [0.05, 0.1) is 39.0 Å². The van der Waals surface area contributed by atoms with Crippen LogP contribution in [0.25, 0.3) is 22.1 Å². The zero-order chi connectivity index (χ0) is 36.6. The van der Waals surface area contributed by atoms with Gasteiger partial charge in [-0.15, -0.1) is 0 Å². The van der Waals surface area contributed by atoms with E-state index in [-0.39, 0.29) is 23.3 Å². The Bertz CT molecular complexity index is 2340. The van der Waals surface area contributed by atoms with Crippen LogP contribution in [-0.4, -0.2) is 67.5 Å². The quantitative estimate of drug-likeness (QED) is 0.125. The molecule has 264 valence electrons. The van der Waals surface area contributed by atoms with Gasteiger partial charge in [0.15, 0.2) is 0 Å². The van der Waals surface area contributed by atoms with Crippen molar-refractivity contribution in [2.45, 2.75) is 73.6 Å². The Hall–Kier alpha value is -6.32. The highest BCUT2D eigenvalue weighted by atomic mass is 16.4. The van der Waals surface area contributed by atoms with Crippen molar-refractivity contribution in [2.24, 2.45) is 5.73 Å². The number of aryl methyl sites for hydroxylation is 7. The number of hydrogen-bond donors (Lipinski definition) is 4. The standard InChI is InChI=1S/C35H39N11O5/c1-6-45-27(16-19(3)41-45)31(48)39-34-37-24-18-22(30(36)47)10-12-25(24)43(34)14-8-9-15-44-26-13-11-23(33(50)51)21(5)29(26)38-35(44)40-32(49)28-17-20(4)42-46(28)7-2/h10-13,16-18H,6-9,14-15H2,1-5H3,(H2,36,47)(H,50,51)(H,37,39,48)(H,38,40,49). The molecule has 5 N–H and O–H groups in total. The van der Waals surface area contributed by atoms with Gasteiger partial charge in [0, 0.05) is 31.7 Å². The number of unbranched alkanes of at least 4 members (excludes halogenated alkanes) is 1. The fourth-order valence-corrected chi connectivity index (χ4v) is 6.29. The van der Waals surface area contributed by atoms with Crippen LogP contribution in [0.2, 0.25) is 0 Å². The molecular formula is C35H39N11O5. The van der Waals surface area contributed by atoms with Crippen LogP contribution in [0.1, 0.15) is 85.3 Å². The van der Waals surface area contributed by atoms with Crippen LogP contribution in [-0.2, 0) is 26.2 Å². The molecule has 0 aliphatic rings. The second-order valence-electron chi connectivity index (χ2n) is 12.2. The number of imidazole rings is 2. The number of benzene rings is 2. The van der Waals surface area contributed by atoms with Gasteiger partial charge in [-0.2, -0.15) is 10.2 Å². The number of fused-ring (bicyclic) bond motifs is 2. The lowest BCUT2D eigenvalue weighted by Crippen LogP contribution is -2.20. The van der Waals surface area contributed by atoms with Crippen LogP contribution >= 0.6 is 0 Å². The summed E-state index contributed by atoms with van der Waals surface area (Å²) >= 11 is 0. The van der Waals surface area contributed by atoms with Crippen molar-refractivity contribution in [2.75, 3.05) is 10.6 Å². The molecule has 0 spiro atoms. The van der Waals surface area contributed by atoms with E-state index >= 15 is 0 Å². The van der Waals surface area contributed by atoms with Gasteiger partial charge in [0.2, 0.25) is 17.8 Å². The summed E-state index contributed by atoms with van der Waals surface area (Å²) in [6.45, 7) is 11.0. The van der Waals surface area contributed by atoms with Gasteiger partial charge in [-0.1, -0.05) is 0 Å². The fraction of sp³-hybridized carbons (Fsp3) is 0.314. The number of hydrogen-bond acceptors (Lipinski definition) is 8. The van der Waals surface area contributed by atoms with Crippen molar-refractivity contribution in [3.8, 4) is 0 Å². The van der Waals surface area contributed by atoms with E-state index in [1.54, 1.807) is 52.7 Å². The number of rotatable bonds is 13. The maximum atomic E-state index is 13.4. The molecule has 0 saturated heterocycles. The van der Waals surface area contributed by atoms with E-state index in [0.717, 1.165) is 0 Å². The van der Waals surface area contributed by atoms with Gasteiger partial charge in [0.1, 0.15) is 11.4 Å². The van der Waals surface area contributed by atoms with Crippen LogP contribution in [0.3, 0.4) is 0 Å². The van der Waals surface area contributed by atoms with Crippen molar-refractivity contribution in [1.29, 1.82) is 0 Å². The minimum Gasteiger partial charge on any atom is -0.478 e. The van der Waals surface area contributed by atoms with Crippen molar-refractivity contribution in [3.05, 3.63) is 81.9 Å². The molecule has 0 radical (unpaired) electrons. The molecule has 0 fully saturated rings. The van der Waals surface area contributed by atoms with E-state index in [1.165, 1.54) is 6.07 Å². The summed E-state index contributed by atoms with van der Waals surface area (Å²) in [5.41, 5.74) is 11.0. The third kappa shape index (κ3) is 6.67. The van der Waals surface area contributed by atoms with Gasteiger partial charge in [-0.25, -0.2) is 14.8 Å². The molecule has 4 aromatic heterocycles. The number of carbonyl (C=O) groups is 4. The molecule has 0 unspecified atom stereocenters. The molecule has 6 rings (SSSR count). The van der Waals surface area contributed by atoms with Gasteiger partial charge in [-0.05, 0) is 95.5 Å². The fourth-order valence-electron chi connectivity index (χ4n) is 6.29. The maximum Gasteiger partial charge on any atom is 0.336 e. The van der Waals surface area contributed by atoms with Crippen LogP contribution in [0.5, 0.6) is 0 Å². The summed E-state index contributed by atoms with van der Waals surface area (Å²) in [7, 11) is 0. The molecule has 0 aliphatic carbocycles. The highest BCUT2D eigenvalue weighted by Gasteiger charge is 2.22. The van der Waals surface area contributed by atoms with E-state index in [0.29, 0.717) is 101 Å². The smallest absolute Gasteiger partial charge is 0.336 e. The van der Waals surface area contributed by atoms with Gasteiger partial charge >= 0.3 is 5.97 Å². The van der Waals surface area contributed by atoms with Crippen molar-refractivity contribution >= 4 is 57.7 Å². The molecule has 51 heavy (non-hydrogen) atoms. The van der Waals surface area contributed by atoms with E-state index in [4.69, 9.17) is 10.7 Å². The number of carboxylic acid groups (broad SMARTS) is 1. The largest absolute Gasteiger partial charge is 0.478 e. The van der Waals surface area contributed by atoms with E-state index < -0.39 is 11.9 Å². The predicted octanol–water partition coefficient (Wildman–Crippen LogP) is 4.53. The van der Waals surface area contributed by atoms with Crippen molar-refractivity contribution < 1.29 is 24.3 Å². The molecule has 2 aromatic carbocycles. The number of primary amides is 1. The predicted molar refractivity (Wildman–Crippen MR) is 190 cm³/mol. The third-order valence-electron chi connectivity index (χ3n) is 8.77. The number of amides is 3. The summed E-state index contributed by atoms with van der Waals surface area (Å²) < 4.78 is 6.98. The number of aromatic nitrogens is 8. The molecule has 0 saturated carbocycles. The monoisotopic (exact) mass is 693 g/mol. The normalized spacial score (nSPS) is 11.4. The zero-order valence-corrected chi connectivity index (χ0v) is 29.0. The maximum absolute atomic E-state index is 13.4. The molecular weight excluding hydrogens is 654 g/mol. The highest BCUT2D eigenvalue weighted by molar-refractivity contribution is 6.04. The summed E-state index contributed by atoms with van der Waals surface area (Å²) in [5.74, 6) is -1.82. The van der Waals surface area contributed by atoms with Crippen molar-refractivity contribution in [3.63, 3.8) is 0 Å². The average molecular weight is 694 g/mol. The van der Waals surface area contributed by atoms with Crippen LogP contribution in [0.4, 0.5) is 11.9 Å². The summed E-state index contributed by atoms with van der Waals surface area (Å²) in [4.78, 5) is 60.0. The van der Waals surface area contributed by atoms with Crippen LogP contribution < -0.4 is 16.4 Å². The molecule has 3 amide bonds. The van der Waals surface area contributed by atoms with Crippen LogP contribution in [0.15, 0.2) is 42.5 Å². The second kappa shape index (κ2) is 13.9. The first-order valence-corrected chi connectivity index (χ1v) is 16.6. The topological polar surface area (TPSA) is 210 Å². The molecule has 16 heteroatoms. The van der Waals surface area contributed by atoms with E-state index in [9.17, 15) is 24.3 Å². The molecule has 4 heterocycles. The highest BCUT2D eigenvalue weighted by Crippen LogP contribution is 2.28. The lowest BCUT2D eigenvalue weighted by Gasteiger charge is -2.13. The second-order valence-corrected chi connectivity index (χ2v) is 12.2. The summed E-state index contributed by atoms with van der Waals surface area (Å²) in [6.07, 6.45) is 1.22. The molecule has 6 aromatic rings. The zero-order valence-electron chi connectivity index (χ0n) is 29.0. The number of carbonyl (C=O) groups excluding carboxylic acids is 3. The number of carboxylic acids is 1. The Labute approximate surface area is 292 Å². The molecule has 0 aliphatic heterocycles. The SMILES string of the molecule is CCn1nc(C)cc1C(=O)Nc1nc2cc(C(N)=O)ccc2n1CCCCn1c(NC(=O)c2cc(C)nn2CC)nc2c(C)c(C(=O)O)ccc21. The molecule has 16 nitrogen and oxygen atoms in total. The number of nitrogens with one attached hydrogen (secondary N) is 2. The number of nitrogens with zero attached hydrogens (tertiary/aromatic N) is 8. The van der Waals surface area contributed by atoms with Gasteiger partial charge in [-0.3, -0.25) is 34.4 Å². The minimum atomic E-state index is -1.07. The van der Waals surface area contributed by atoms with Crippen LogP contribution in [0, 0.1) is 20.8 Å². The molecule has 0 atom stereocenters. The Kier molecular flexibility index (Phi) is 9.41. The van der Waals surface area contributed by atoms with Gasteiger partial charge < -0.3 is 20.0 Å². The Balaban J connectivity index is 1.29. The first-order chi connectivity index (χ1) is 24.4. The third-order valence-corrected chi connectivity index (χ3v) is 8.77. The summed E-state index contributed by atoms with van der Waals surface area (Å²) in [5, 5.41) is 24.3. The lowest BCUT2D eigenvalue weighted by atomic mass is 10.1. The van der Waals surface area contributed by atoms with Crippen molar-refractivity contribution in [1.82, 2.24) is 38.7 Å². The first kappa shape index (κ1) is 34.5.